The zero-order chi connectivity index (χ0) is 9.84. The first-order valence-corrected chi connectivity index (χ1v) is 3.39. The standard InChI is InChI=1S/C8H6FNO3/c9-6-2-1-3-7(5(6)4-11)10-8(12)13/h1-4,10H,(H,12,13). The van der Waals surface area contributed by atoms with E-state index in [2.05, 4.69) is 0 Å². The molecule has 1 amide bonds. The number of halogens is 1. The summed E-state index contributed by atoms with van der Waals surface area (Å²) in [7, 11) is 0. The number of aldehydes is 1. The lowest BCUT2D eigenvalue weighted by Gasteiger charge is -2.03. The monoisotopic (exact) mass is 183 g/mol. The van der Waals surface area contributed by atoms with Gasteiger partial charge in [0.1, 0.15) is 5.82 Å². The molecule has 0 saturated heterocycles. The second-order valence-corrected chi connectivity index (χ2v) is 2.25. The third kappa shape index (κ3) is 2.02. The maximum absolute atomic E-state index is 12.8. The fourth-order valence-corrected chi connectivity index (χ4v) is 0.881. The lowest BCUT2D eigenvalue weighted by Crippen LogP contribution is -2.09. The summed E-state index contributed by atoms with van der Waals surface area (Å²) < 4.78 is 12.8. The molecular weight excluding hydrogens is 177 g/mol. The summed E-state index contributed by atoms with van der Waals surface area (Å²) in [6, 6.07) is 3.70. The normalized spacial score (nSPS) is 9.31. The van der Waals surface area contributed by atoms with E-state index >= 15 is 0 Å². The molecule has 0 saturated carbocycles. The van der Waals surface area contributed by atoms with Crippen molar-refractivity contribution in [3.63, 3.8) is 0 Å². The second kappa shape index (κ2) is 3.66. The van der Waals surface area contributed by atoms with E-state index in [1.807, 2.05) is 5.32 Å². The molecule has 0 atom stereocenters. The van der Waals surface area contributed by atoms with Gasteiger partial charge in [-0.15, -0.1) is 0 Å². The van der Waals surface area contributed by atoms with E-state index in [1.165, 1.54) is 12.1 Å². The number of benzene rings is 1. The molecule has 0 aliphatic rings. The molecule has 1 aromatic carbocycles. The molecule has 0 fully saturated rings. The van der Waals surface area contributed by atoms with E-state index in [-0.39, 0.29) is 17.5 Å². The SMILES string of the molecule is O=Cc1c(F)cccc1NC(=O)O. The molecule has 13 heavy (non-hydrogen) atoms. The fourth-order valence-electron chi connectivity index (χ4n) is 0.881. The van der Waals surface area contributed by atoms with Crippen LogP contribution in [-0.2, 0) is 0 Å². The van der Waals surface area contributed by atoms with Crippen LogP contribution < -0.4 is 5.32 Å². The average Bonchev–Trinajstić information content (AvgIpc) is 2.03. The molecule has 2 N–H and O–H groups in total. The Morgan fingerprint density at radius 2 is 2.23 bits per heavy atom. The second-order valence-electron chi connectivity index (χ2n) is 2.25. The molecule has 0 heterocycles. The molecule has 1 rings (SSSR count). The first-order valence-electron chi connectivity index (χ1n) is 3.39. The lowest BCUT2D eigenvalue weighted by atomic mass is 10.2. The molecule has 0 spiro atoms. The first-order chi connectivity index (χ1) is 6.15. The summed E-state index contributed by atoms with van der Waals surface area (Å²) in [6.45, 7) is 0. The quantitative estimate of drug-likeness (QED) is 0.686. The molecule has 0 aliphatic carbocycles. The number of amides is 1. The number of carboxylic acid groups (broad SMARTS) is 1. The predicted molar refractivity (Wildman–Crippen MR) is 43.4 cm³/mol. The van der Waals surface area contributed by atoms with Crippen LogP contribution in [0, 0.1) is 5.82 Å². The van der Waals surface area contributed by atoms with Crippen molar-refractivity contribution in [1.29, 1.82) is 0 Å². The van der Waals surface area contributed by atoms with E-state index in [9.17, 15) is 14.0 Å². The van der Waals surface area contributed by atoms with E-state index in [0.29, 0.717) is 0 Å². The largest absolute Gasteiger partial charge is 0.465 e. The van der Waals surface area contributed by atoms with Gasteiger partial charge in [0.05, 0.1) is 11.3 Å². The smallest absolute Gasteiger partial charge is 0.409 e. The van der Waals surface area contributed by atoms with Crippen molar-refractivity contribution in [2.24, 2.45) is 0 Å². The van der Waals surface area contributed by atoms with Crippen LogP contribution in [0.25, 0.3) is 0 Å². The highest BCUT2D eigenvalue weighted by Crippen LogP contribution is 2.16. The Morgan fingerprint density at radius 3 is 2.77 bits per heavy atom. The van der Waals surface area contributed by atoms with Crippen LogP contribution in [0.5, 0.6) is 0 Å². The van der Waals surface area contributed by atoms with Crippen LogP contribution in [0.2, 0.25) is 0 Å². The number of rotatable bonds is 2. The van der Waals surface area contributed by atoms with Crippen LogP contribution in [0.3, 0.4) is 0 Å². The Morgan fingerprint density at radius 1 is 1.54 bits per heavy atom. The number of nitrogens with one attached hydrogen (secondary N) is 1. The molecule has 0 aromatic heterocycles. The zero-order valence-corrected chi connectivity index (χ0v) is 6.45. The lowest BCUT2D eigenvalue weighted by molar-refractivity contribution is 0.112. The van der Waals surface area contributed by atoms with Gasteiger partial charge >= 0.3 is 6.09 Å². The van der Waals surface area contributed by atoms with Gasteiger partial charge in [0.15, 0.2) is 6.29 Å². The summed E-state index contributed by atoms with van der Waals surface area (Å²) in [5.41, 5.74) is -0.340. The highest BCUT2D eigenvalue weighted by Gasteiger charge is 2.08. The average molecular weight is 183 g/mol. The van der Waals surface area contributed by atoms with Crippen LogP contribution in [0.15, 0.2) is 18.2 Å². The van der Waals surface area contributed by atoms with E-state index in [4.69, 9.17) is 5.11 Å². The minimum Gasteiger partial charge on any atom is -0.465 e. The highest BCUT2D eigenvalue weighted by atomic mass is 19.1. The van der Waals surface area contributed by atoms with E-state index in [1.54, 1.807) is 0 Å². The molecular formula is C8H6FNO3. The van der Waals surface area contributed by atoms with Gasteiger partial charge in [0.2, 0.25) is 0 Å². The van der Waals surface area contributed by atoms with Crippen molar-refractivity contribution >= 4 is 18.1 Å². The van der Waals surface area contributed by atoms with Crippen molar-refractivity contribution in [1.82, 2.24) is 0 Å². The molecule has 0 aliphatic heterocycles. The Hall–Kier alpha value is -1.91. The molecule has 68 valence electrons. The number of carbonyl (C=O) groups excluding carboxylic acids is 1. The van der Waals surface area contributed by atoms with Gasteiger partial charge in [0, 0.05) is 0 Å². The van der Waals surface area contributed by atoms with Gasteiger partial charge in [-0.2, -0.15) is 0 Å². The number of anilines is 1. The minimum absolute atomic E-state index is 0.0532. The molecule has 4 nitrogen and oxygen atoms in total. The topological polar surface area (TPSA) is 66.4 Å². The number of carbonyl (C=O) groups is 2. The van der Waals surface area contributed by atoms with Gasteiger partial charge in [-0.3, -0.25) is 10.1 Å². The summed E-state index contributed by atoms with van der Waals surface area (Å²) in [5, 5.41) is 10.2. The van der Waals surface area contributed by atoms with Crippen molar-refractivity contribution in [3.8, 4) is 0 Å². The summed E-state index contributed by atoms with van der Waals surface area (Å²) in [5.74, 6) is -0.749. The highest BCUT2D eigenvalue weighted by molar-refractivity contribution is 5.92. The third-order valence-electron chi connectivity index (χ3n) is 1.41. The Kier molecular flexibility index (Phi) is 2.59. The maximum atomic E-state index is 12.8. The van der Waals surface area contributed by atoms with Crippen LogP contribution in [0.1, 0.15) is 10.4 Å². The Labute approximate surface area is 73.0 Å². The van der Waals surface area contributed by atoms with E-state index in [0.717, 1.165) is 6.07 Å². The summed E-state index contributed by atoms with van der Waals surface area (Å²) in [4.78, 5) is 20.6. The maximum Gasteiger partial charge on any atom is 0.409 e. The zero-order valence-electron chi connectivity index (χ0n) is 6.45. The molecule has 1 aromatic rings. The van der Waals surface area contributed by atoms with Crippen molar-refractivity contribution in [2.75, 3.05) is 5.32 Å². The van der Waals surface area contributed by atoms with Crippen LogP contribution in [0.4, 0.5) is 14.9 Å². The van der Waals surface area contributed by atoms with Gasteiger partial charge in [-0.25, -0.2) is 9.18 Å². The van der Waals surface area contributed by atoms with Crippen molar-refractivity contribution in [2.45, 2.75) is 0 Å². The predicted octanol–water partition coefficient (Wildman–Crippen LogP) is 1.73. The Bertz CT molecular complexity index is 351. The van der Waals surface area contributed by atoms with Gasteiger partial charge < -0.3 is 5.11 Å². The van der Waals surface area contributed by atoms with Crippen LogP contribution in [-0.4, -0.2) is 17.5 Å². The van der Waals surface area contributed by atoms with Gasteiger partial charge in [-0.1, -0.05) is 6.07 Å². The summed E-state index contributed by atoms with van der Waals surface area (Å²) >= 11 is 0. The number of hydrogen-bond donors (Lipinski definition) is 2. The van der Waals surface area contributed by atoms with Gasteiger partial charge in [0.25, 0.3) is 0 Å². The van der Waals surface area contributed by atoms with Crippen LogP contribution >= 0.6 is 0 Å². The number of hydrogen-bond acceptors (Lipinski definition) is 2. The van der Waals surface area contributed by atoms with Gasteiger partial charge in [-0.05, 0) is 12.1 Å². The Balaban J connectivity index is 3.12. The molecule has 0 unspecified atom stereocenters. The molecule has 0 radical (unpaired) electrons. The third-order valence-corrected chi connectivity index (χ3v) is 1.41. The molecule has 0 bridgehead atoms. The van der Waals surface area contributed by atoms with Crippen molar-refractivity contribution < 1.29 is 19.1 Å². The fraction of sp³-hybridized carbons (Fsp3) is 0. The molecule has 5 heteroatoms. The minimum atomic E-state index is -1.34. The first kappa shape index (κ1) is 9.18. The van der Waals surface area contributed by atoms with E-state index < -0.39 is 11.9 Å². The summed E-state index contributed by atoms with van der Waals surface area (Å²) in [6.07, 6.45) is -1.07. The van der Waals surface area contributed by atoms with Crippen molar-refractivity contribution in [3.05, 3.63) is 29.6 Å².